The van der Waals surface area contributed by atoms with E-state index >= 15 is 0 Å². The third-order valence-electron chi connectivity index (χ3n) is 6.88. The molecule has 1 saturated carbocycles. The van der Waals surface area contributed by atoms with Crippen LogP contribution in [-0.2, 0) is 20.7 Å². The third kappa shape index (κ3) is 4.42. The number of hydrogen-bond acceptors (Lipinski definition) is 5. The Morgan fingerprint density at radius 1 is 1.12 bits per heavy atom. The summed E-state index contributed by atoms with van der Waals surface area (Å²) in [6, 6.07) is 10.9. The molecule has 3 amide bonds. The first-order valence-electron chi connectivity index (χ1n) is 11.6. The number of thiophene rings is 1. The van der Waals surface area contributed by atoms with Crippen LogP contribution < -0.4 is 5.32 Å². The molecule has 3 aliphatic rings. The molecule has 7 nitrogen and oxygen atoms in total. The van der Waals surface area contributed by atoms with E-state index in [4.69, 9.17) is 4.74 Å². The Bertz CT molecular complexity index is 1040. The number of amides is 3. The molecule has 1 aromatic carbocycles. The predicted octanol–water partition coefficient (Wildman–Crippen LogP) is 2.74. The van der Waals surface area contributed by atoms with Gasteiger partial charge in [-0.2, -0.15) is 0 Å². The smallest absolute Gasteiger partial charge is 0.257 e. The predicted molar refractivity (Wildman–Crippen MR) is 125 cm³/mol. The highest BCUT2D eigenvalue weighted by molar-refractivity contribution is 7.10. The van der Waals surface area contributed by atoms with Gasteiger partial charge < -0.3 is 15.0 Å². The molecule has 0 radical (unpaired) electrons. The fourth-order valence-corrected chi connectivity index (χ4v) is 5.51. The number of ether oxygens (including phenoxy) is 1. The number of rotatable bonds is 5. The van der Waals surface area contributed by atoms with Gasteiger partial charge in [0.2, 0.25) is 11.8 Å². The third-order valence-corrected chi connectivity index (χ3v) is 7.76. The first kappa shape index (κ1) is 22.1. The zero-order valence-corrected chi connectivity index (χ0v) is 19.6. The zero-order chi connectivity index (χ0) is 23.0. The Morgan fingerprint density at radius 2 is 1.88 bits per heavy atom. The van der Waals surface area contributed by atoms with Gasteiger partial charge in [0.1, 0.15) is 11.8 Å². The highest BCUT2D eigenvalue weighted by Gasteiger charge is 2.54. The fraction of sp³-hybridized carbons (Fsp3) is 0.480. The lowest BCUT2D eigenvalue weighted by molar-refractivity contribution is -0.143. The first-order valence-corrected chi connectivity index (χ1v) is 12.5. The van der Waals surface area contributed by atoms with E-state index in [9.17, 15) is 14.4 Å². The molecule has 1 N–H and O–H groups in total. The molecule has 174 valence electrons. The number of piperidine rings is 1. The van der Waals surface area contributed by atoms with Crippen molar-refractivity contribution in [1.82, 2.24) is 15.1 Å². The molecule has 3 heterocycles. The maximum atomic E-state index is 13.8. The molecule has 2 aromatic rings. The second-order valence-electron chi connectivity index (χ2n) is 9.18. The summed E-state index contributed by atoms with van der Waals surface area (Å²) in [5.41, 5.74) is 0.585. The van der Waals surface area contributed by atoms with Gasteiger partial charge in [0, 0.05) is 42.4 Å². The van der Waals surface area contributed by atoms with Crippen LogP contribution in [0.3, 0.4) is 0 Å². The van der Waals surface area contributed by atoms with E-state index in [0.29, 0.717) is 37.9 Å². The van der Waals surface area contributed by atoms with E-state index in [1.165, 1.54) is 0 Å². The van der Waals surface area contributed by atoms with Crippen LogP contribution in [0.1, 0.15) is 46.5 Å². The molecular formula is C25H29N3O4S. The van der Waals surface area contributed by atoms with Gasteiger partial charge in [-0.3, -0.25) is 19.3 Å². The quantitative estimate of drug-likeness (QED) is 0.734. The molecule has 3 fully saturated rings. The number of likely N-dealkylation sites (tertiary alicyclic amines) is 1. The van der Waals surface area contributed by atoms with Crippen LogP contribution in [0, 0.1) is 6.92 Å². The standard InChI is InChI=1S/C25H29N3O4S/c1-17-5-2-3-7-20(17)24(31)28-21(23(30)26-18-8-9-18)16-32-25(28)10-12-27(13-11-25)22(29)15-19-6-4-14-33-19/h2-7,14,18,21H,8-13,15-16H2,1H3,(H,26,30). The molecule has 1 atom stereocenters. The lowest BCUT2D eigenvalue weighted by Gasteiger charge is -2.44. The van der Waals surface area contributed by atoms with E-state index in [1.807, 2.05) is 47.5 Å². The van der Waals surface area contributed by atoms with Gasteiger partial charge >= 0.3 is 0 Å². The highest BCUT2D eigenvalue weighted by Crippen LogP contribution is 2.39. The van der Waals surface area contributed by atoms with E-state index in [2.05, 4.69) is 5.32 Å². The topological polar surface area (TPSA) is 79.0 Å². The number of aryl methyl sites for hydroxylation is 1. The second-order valence-corrected chi connectivity index (χ2v) is 10.2. The van der Waals surface area contributed by atoms with Crippen LogP contribution in [0.4, 0.5) is 0 Å². The number of nitrogens with zero attached hydrogens (tertiary/aromatic N) is 2. The summed E-state index contributed by atoms with van der Waals surface area (Å²) in [4.78, 5) is 44.2. The number of hydrogen-bond donors (Lipinski definition) is 1. The van der Waals surface area contributed by atoms with Gasteiger partial charge in [-0.1, -0.05) is 24.3 Å². The summed E-state index contributed by atoms with van der Waals surface area (Å²) in [5.74, 6) is -0.238. The van der Waals surface area contributed by atoms with Gasteiger partial charge in [0.25, 0.3) is 5.91 Å². The van der Waals surface area contributed by atoms with E-state index in [1.54, 1.807) is 22.3 Å². The van der Waals surface area contributed by atoms with Gasteiger partial charge in [0.15, 0.2) is 0 Å². The molecule has 8 heteroatoms. The molecule has 2 saturated heterocycles. The summed E-state index contributed by atoms with van der Waals surface area (Å²) in [5, 5.41) is 5.02. The van der Waals surface area contributed by atoms with Crippen molar-refractivity contribution in [3.63, 3.8) is 0 Å². The molecule has 1 aliphatic carbocycles. The summed E-state index contributed by atoms with van der Waals surface area (Å²) in [6.45, 7) is 3.08. The van der Waals surface area contributed by atoms with Crippen molar-refractivity contribution in [2.45, 2.75) is 56.8 Å². The lowest BCUT2D eigenvalue weighted by Crippen LogP contribution is -2.60. The van der Waals surface area contributed by atoms with E-state index in [-0.39, 0.29) is 30.4 Å². The molecule has 5 rings (SSSR count). The average molecular weight is 468 g/mol. The molecule has 1 unspecified atom stereocenters. The van der Waals surface area contributed by atoms with Crippen LogP contribution >= 0.6 is 11.3 Å². The number of benzene rings is 1. The minimum absolute atomic E-state index is 0.0881. The largest absolute Gasteiger partial charge is 0.353 e. The number of nitrogens with one attached hydrogen (secondary N) is 1. The van der Waals surface area contributed by atoms with Crippen LogP contribution in [-0.4, -0.2) is 65.0 Å². The van der Waals surface area contributed by atoms with E-state index < -0.39 is 11.8 Å². The highest BCUT2D eigenvalue weighted by atomic mass is 32.1. The van der Waals surface area contributed by atoms with Crippen LogP contribution in [0.2, 0.25) is 0 Å². The van der Waals surface area contributed by atoms with Crippen molar-refractivity contribution in [3.05, 3.63) is 57.8 Å². The van der Waals surface area contributed by atoms with Crippen molar-refractivity contribution >= 4 is 29.1 Å². The Morgan fingerprint density at radius 3 is 2.55 bits per heavy atom. The van der Waals surface area contributed by atoms with Crippen molar-refractivity contribution in [3.8, 4) is 0 Å². The Kier molecular flexibility index (Phi) is 5.97. The fourth-order valence-electron chi connectivity index (χ4n) is 4.81. The molecule has 2 aliphatic heterocycles. The second kappa shape index (κ2) is 8.91. The maximum absolute atomic E-state index is 13.8. The van der Waals surface area contributed by atoms with Gasteiger partial charge in [-0.05, 0) is 42.8 Å². The molecular weight excluding hydrogens is 438 g/mol. The minimum atomic E-state index is -0.870. The maximum Gasteiger partial charge on any atom is 0.257 e. The van der Waals surface area contributed by atoms with Crippen LogP contribution in [0.15, 0.2) is 41.8 Å². The van der Waals surface area contributed by atoms with Crippen molar-refractivity contribution in [1.29, 1.82) is 0 Å². The molecule has 33 heavy (non-hydrogen) atoms. The summed E-state index contributed by atoms with van der Waals surface area (Å²) >= 11 is 1.58. The number of carbonyl (C=O) groups is 3. The molecule has 1 spiro atoms. The van der Waals surface area contributed by atoms with E-state index in [0.717, 1.165) is 23.3 Å². The van der Waals surface area contributed by atoms with Crippen molar-refractivity contribution < 1.29 is 19.1 Å². The van der Waals surface area contributed by atoms with Crippen LogP contribution in [0.5, 0.6) is 0 Å². The van der Waals surface area contributed by atoms with Gasteiger partial charge in [-0.25, -0.2) is 0 Å². The van der Waals surface area contributed by atoms with Gasteiger partial charge in [0.05, 0.1) is 13.0 Å². The SMILES string of the molecule is Cc1ccccc1C(=O)N1C(C(=O)NC2CC2)COC12CCN(C(=O)Cc1cccs1)CC2. The first-order chi connectivity index (χ1) is 16.0. The Hall–Kier alpha value is -2.71. The average Bonchev–Trinajstić information content (AvgIpc) is 3.33. The molecule has 0 bridgehead atoms. The Balaban J connectivity index is 1.36. The summed E-state index contributed by atoms with van der Waals surface area (Å²) in [7, 11) is 0. The normalized spacial score (nSPS) is 21.9. The lowest BCUT2D eigenvalue weighted by atomic mass is 9.95. The number of carbonyl (C=O) groups excluding carboxylic acids is 3. The van der Waals surface area contributed by atoms with Crippen molar-refractivity contribution in [2.75, 3.05) is 19.7 Å². The summed E-state index contributed by atoms with van der Waals surface area (Å²) in [6.07, 6.45) is 3.35. The Labute approximate surface area is 197 Å². The van der Waals surface area contributed by atoms with Gasteiger partial charge in [-0.15, -0.1) is 11.3 Å². The van der Waals surface area contributed by atoms with Crippen LogP contribution in [0.25, 0.3) is 0 Å². The monoisotopic (exact) mass is 467 g/mol. The minimum Gasteiger partial charge on any atom is -0.353 e. The van der Waals surface area contributed by atoms with Crippen molar-refractivity contribution in [2.24, 2.45) is 0 Å². The zero-order valence-electron chi connectivity index (χ0n) is 18.8. The molecule has 1 aromatic heterocycles. The summed E-state index contributed by atoms with van der Waals surface area (Å²) < 4.78 is 6.25.